The van der Waals surface area contributed by atoms with Gasteiger partial charge in [-0.15, -0.1) is 6.58 Å². The molecule has 0 aromatic carbocycles. The van der Waals surface area contributed by atoms with Gasteiger partial charge in [0.15, 0.2) is 35.8 Å². The minimum Gasteiger partial charge on any atom is -0.363 e. The molecular weight excluding hydrogens is 818 g/mol. The molecule has 0 spiro atoms. The van der Waals surface area contributed by atoms with Crippen molar-refractivity contribution >= 4 is 92.7 Å². The van der Waals surface area contributed by atoms with Crippen LogP contribution in [0.3, 0.4) is 0 Å². The van der Waals surface area contributed by atoms with Gasteiger partial charge in [0.05, 0.1) is 26.4 Å². The molecule has 26 heteroatoms. The van der Waals surface area contributed by atoms with Gasteiger partial charge in [0.1, 0.15) is 72.4 Å². The van der Waals surface area contributed by atoms with Crippen molar-refractivity contribution < 1.29 is 73.7 Å². The average molecular weight is 860 g/mol. The fourth-order valence-corrected chi connectivity index (χ4v) is 9.11. The number of hydrogen-bond acceptors (Lipinski definition) is 16. The lowest BCUT2D eigenvalue weighted by molar-refractivity contribution is -0.342. The first-order chi connectivity index (χ1) is 22.9. The quantitative estimate of drug-likeness (QED) is 0.130. The number of hydrogen-bond donors (Lipinski definition) is 0. The van der Waals surface area contributed by atoms with Crippen molar-refractivity contribution in [2.45, 2.75) is 91.2 Å². The topological polar surface area (TPSA) is 163 Å². The van der Waals surface area contributed by atoms with E-state index in [0.29, 0.717) is 0 Å². The second-order valence-electron chi connectivity index (χ2n) is 10.1. The van der Waals surface area contributed by atoms with Crippen molar-refractivity contribution in [3.05, 3.63) is 12.7 Å². The molecule has 3 aliphatic heterocycles. The van der Waals surface area contributed by atoms with Crippen molar-refractivity contribution in [3.8, 4) is 0 Å². The highest BCUT2D eigenvalue weighted by atomic mass is 31.1. The summed E-state index contributed by atoms with van der Waals surface area (Å²) in [5, 5.41) is 0. The molecule has 0 N–H and O–H groups in total. The Hall–Kier alpha value is 2.82. The SMILES string of the molecule is C=CCOC1OC(COP)[C@H](O[C@@H]2OC(COP)[C@H](O[C@@H]3OC(COP)[C@H](OP)[C@H](OP)C3P=O)[C@H](OP)C2P=O)[C@H](OP)C1OP. The Morgan fingerprint density at radius 2 is 0.915 bits per heavy atom. The fraction of sp³-hybridized carbons (Fsp3) is 0.905. The van der Waals surface area contributed by atoms with Crippen LogP contribution in [0.4, 0.5) is 0 Å². The highest BCUT2D eigenvalue weighted by molar-refractivity contribution is 7.25. The zero-order valence-electron chi connectivity index (χ0n) is 24.8. The molecule has 15 unspecified atom stereocenters. The van der Waals surface area contributed by atoms with E-state index in [9.17, 15) is 9.13 Å². The van der Waals surface area contributed by atoms with Crippen LogP contribution in [-0.4, -0.2) is 118 Å². The van der Waals surface area contributed by atoms with Crippen molar-refractivity contribution in [2.75, 3.05) is 26.4 Å². The first-order valence-corrected chi connectivity index (χ1v) is 19.3. The monoisotopic (exact) mass is 860 g/mol. The second-order valence-corrected chi connectivity index (χ2v) is 14.1. The molecule has 0 aromatic heterocycles. The summed E-state index contributed by atoms with van der Waals surface area (Å²) in [5.41, 5.74) is -1.83. The predicted octanol–water partition coefficient (Wildman–Crippen LogP) is 2.75. The molecule has 0 radical (unpaired) electrons. The maximum atomic E-state index is 12.8. The summed E-state index contributed by atoms with van der Waals surface area (Å²) < 4.78 is 107. The molecule has 3 heterocycles. The molecule has 3 saturated heterocycles. The predicted molar refractivity (Wildman–Crippen MR) is 195 cm³/mol. The van der Waals surface area contributed by atoms with Gasteiger partial charge in [-0.05, 0) is 0 Å². The Kier molecular flexibility index (Phi) is 22.2. The minimum atomic E-state index is -1.18. The molecule has 3 fully saturated rings. The number of ether oxygens (including phenoxy) is 6. The Balaban J connectivity index is 1.93. The van der Waals surface area contributed by atoms with Gasteiger partial charge in [0, 0.05) is 75.7 Å². The van der Waals surface area contributed by atoms with Gasteiger partial charge in [-0.3, -0.25) is 9.13 Å². The summed E-state index contributed by atoms with van der Waals surface area (Å²) in [6, 6.07) is 0. The van der Waals surface area contributed by atoms with Gasteiger partial charge in [0.2, 0.25) is 0 Å². The van der Waals surface area contributed by atoms with Crippen molar-refractivity contribution in [3.63, 3.8) is 0 Å². The van der Waals surface area contributed by atoms with Gasteiger partial charge in [-0.25, -0.2) is 0 Å². The van der Waals surface area contributed by atoms with E-state index in [4.69, 9.17) is 64.6 Å². The van der Waals surface area contributed by atoms with Crippen LogP contribution in [0.5, 0.6) is 0 Å². The zero-order chi connectivity index (χ0) is 34.5. The summed E-state index contributed by atoms with van der Waals surface area (Å²) in [5.74, 6) is 0. The molecule has 0 aromatic rings. The van der Waals surface area contributed by atoms with Crippen LogP contribution in [-0.2, 0) is 73.7 Å². The van der Waals surface area contributed by atoms with Crippen molar-refractivity contribution in [2.24, 2.45) is 0 Å². The van der Waals surface area contributed by atoms with Crippen LogP contribution in [0.15, 0.2) is 12.7 Å². The van der Waals surface area contributed by atoms with E-state index in [1.807, 2.05) is 0 Å². The van der Waals surface area contributed by atoms with E-state index in [-0.39, 0.29) is 34.9 Å². The maximum absolute atomic E-state index is 12.8. The fourth-order valence-electron chi connectivity index (χ4n) is 5.51. The van der Waals surface area contributed by atoms with E-state index in [0.717, 1.165) is 0 Å². The highest BCUT2D eigenvalue weighted by Crippen LogP contribution is 2.42. The summed E-state index contributed by atoms with van der Waals surface area (Å²) in [6.45, 7) is 3.96. The lowest BCUT2D eigenvalue weighted by Gasteiger charge is -2.49. The molecule has 3 rings (SSSR count). The summed E-state index contributed by atoms with van der Waals surface area (Å²) in [6.07, 6.45) is -9.74. The summed E-state index contributed by atoms with van der Waals surface area (Å²) in [4.78, 5) is 0. The average Bonchev–Trinajstić information content (AvgIpc) is 3.08. The first kappa shape index (κ1) is 44.2. The molecule has 16 nitrogen and oxygen atoms in total. The lowest BCUT2D eigenvalue weighted by atomic mass is 9.97. The van der Waals surface area contributed by atoms with Gasteiger partial charge in [0.25, 0.3) is 0 Å². The Bertz CT molecular complexity index is 954. The van der Waals surface area contributed by atoms with Crippen LogP contribution in [0.2, 0.25) is 0 Å². The van der Waals surface area contributed by atoms with E-state index in [2.05, 4.69) is 82.3 Å². The molecule has 47 heavy (non-hydrogen) atoms. The standard InChI is InChI=1S/C21H42O16P10/c1-2-3-24-19-16(37-45)13(34-42)10(7(28-19)4-25-38)31-20-17(46-22)14(35-43)11(8(29-20)5-26-39)32-21-18(47-23)15(36-44)12(33-41)9(30-21)6-27-40/h2,7-21H,1,3-6,38-45H2/t7?,8?,9?,10-,11-,12-,13-,14-,15-,16?,17?,18?,19?,20-,21-/m0/s1. The Labute approximate surface area is 295 Å². The molecule has 3 aliphatic rings. The smallest absolute Gasteiger partial charge is 0.187 e. The molecule has 0 saturated carbocycles. The second kappa shape index (κ2) is 23.6. The van der Waals surface area contributed by atoms with E-state index in [1.165, 1.54) is 0 Å². The minimum absolute atomic E-state index is 0.0363. The van der Waals surface area contributed by atoms with Gasteiger partial charge in [-0.2, -0.15) is 0 Å². The van der Waals surface area contributed by atoms with Crippen LogP contribution >= 0.6 is 92.7 Å². The van der Waals surface area contributed by atoms with Crippen molar-refractivity contribution in [1.29, 1.82) is 0 Å². The third-order valence-corrected chi connectivity index (χ3v) is 11.3. The van der Waals surface area contributed by atoms with Gasteiger partial charge >= 0.3 is 0 Å². The highest BCUT2D eigenvalue weighted by Gasteiger charge is 2.56. The zero-order valence-corrected chi connectivity index (χ0v) is 35.8. The van der Waals surface area contributed by atoms with Gasteiger partial charge in [-0.1, -0.05) is 6.08 Å². The first-order valence-electron chi connectivity index (χ1n) is 13.7. The Morgan fingerprint density at radius 3 is 1.30 bits per heavy atom. The van der Waals surface area contributed by atoms with E-state index in [1.54, 1.807) is 6.08 Å². The van der Waals surface area contributed by atoms with Gasteiger partial charge < -0.3 is 64.6 Å². The number of rotatable bonds is 20. The van der Waals surface area contributed by atoms with Crippen LogP contribution in [0.1, 0.15) is 0 Å². The van der Waals surface area contributed by atoms with Crippen molar-refractivity contribution in [1.82, 2.24) is 0 Å². The maximum Gasteiger partial charge on any atom is 0.187 e. The van der Waals surface area contributed by atoms with E-state index < -0.39 is 99.7 Å². The molecule has 0 amide bonds. The lowest BCUT2D eigenvalue weighted by Crippen LogP contribution is -2.65. The molecule has 23 atom stereocenters. The molecule has 0 bridgehead atoms. The molecular formula is C21H42O16P10. The normalized spacial score (nSPS) is 41.3. The third-order valence-electron chi connectivity index (χ3n) is 7.59. The van der Waals surface area contributed by atoms with Crippen LogP contribution in [0, 0.1) is 0 Å². The van der Waals surface area contributed by atoms with Crippen LogP contribution < -0.4 is 0 Å². The van der Waals surface area contributed by atoms with E-state index >= 15 is 0 Å². The largest absolute Gasteiger partial charge is 0.363 e. The third kappa shape index (κ3) is 11.2. The molecule has 272 valence electrons. The van der Waals surface area contributed by atoms with Crippen LogP contribution in [0.25, 0.3) is 0 Å². The summed E-state index contributed by atoms with van der Waals surface area (Å²) >= 11 is 0. The molecule has 0 aliphatic carbocycles. The summed E-state index contributed by atoms with van der Waals surface area (Å²) in [7, 11) is 16.6. The Morgan fingerprint density at radius 1 is 0.532 bits per heavy atom.